The molecule has 1 aromatic heterocycles. The topological polar surface area (TPSA) is 34.9 Å². The molecule has 0 bridgehead atoms. The van der Waals surface area contributed by atoms with Crippen molar-refractivity contribution < 1.29 is 8.60 Å². The molecular weight excluding hydrogens is 319 g/mol. The van der Waals surface area contributed by atoms with Crippen LogP contribution in [-0.2, 0) is 23.6 Å². The zero-order valence-corrected chi connectivity index (χ0v) is 12.4. The molecule has 1 unspecified atom stereocenters. The maximum atomic E-state index is 13.5. The van der Waals surface area contributed by atoms with Gasteiger partial charge in [-0.3, -0.25) is 8.89 Å². The fourth-order valence-corrected chi connectivity index (χ4v) is 3.58. The highest BCUT2D eigenvalue weighted by molar-refractivity contribution is 9.10. The first-order chi connectivity index (χ1) is 8.50. The van der Waals surface area contributed by atoms with Crippen molar-refractivity contribution >= 4 is 26.7 Å². The Hall–Kier alpha value is -1.01. The summed E-state index contributed by atoms with van der Waals surface area (Å²) in [5.41, 5.74) is 1.63. The maximum Gasteiger partial charge on any atom is 0.139 e. The molecule has 3 nitrogen and oxygen atoms in total. The quantitative estimate of drug-likeness (QED) is 0.867. The van der Waals surface area contributed by atoms with Gasteiger partial charge in [-0.2, -0.15) is 5.10 Å². The number of halogens is 2. The number of aryl methyl sites for hydroxylation is 2. The van der Waals surface area contributed by atoms with Crippen molar-refractivity contribution in [2.24, 2.45) is 7.05 Å². The summed E-state index contributed by atoms with van der Waals surface area (Å²) in [5, 5.41) is 4.22. The third-order valence-corrected chi connectivity index (χ3v) is 5.00. The van der Waals surface area contributed by atoms with Crippen LogP contribution in [-0.4, -0.2) is 14.0 Å². The third kappa shape index (κ3) is 2.54. The van der Waals surface area contributed by atoms with Crippen molar-refractivity contribution in [3.8, 4) is 0 Å². The van der Waals surface area contributed by atoms with E-state index in [4.69, 9.17) is 0 Å². The Labute approximate surface area is 116 Å². The molecule has 1 heterocycles. The van der Waals surface area contributed by atoms with Gasteiger partial charge in [-0.15, -0.1) is 0 Å². The highest BCUT2D eigenvalue weighted by Crippen LogP contribution is 2.24. The van der Waals surface area contributed by atoms with E-state index >= 15 is 0 Å². The fourth-order valence-electron chi connectivity index (χ4n) is 1.67. The molecule has 0 radical (unpaired) electrons. The Morgan fingerprint density at radius 3 is 2.67 bits per heavy atom. The lowest BCUT2D eigenvalue weighted by Gasteiger charge is -2.05. The van der Waals surface area contributed by atoms with E-state index in [0.717, 1.165) is 15.9 Å². The van der Waals surface area contributed by atoms with Crippen molar-refractivity contribution in [3.05, 3.63) is 45.9 Å². The number of hydrogen-bond donors (Lipinski definition) is 0. The molecule has 0 saturated carbocycles. The second-order valence-electron chi connectivity index (χ2n) is 3.89. The van der Waals surface area contributed by atoms with Gasteiger partial charge in [0.15, 0.2) is 0 Å². The first-order valence-electron chi connectivity index (χ1n) is 5.31. The fraction of sp³-hybridized carbons (Fsp3) is 0.250. The second-order valence-corrected chi connectivity index (χ2v) is 6.10. The lowest BCUT2D eigenvalue weighted by atomic mass is 10.3. The van der Waals surface area contributed by atoms with Crippen LogP contribution in [0.15, 0.2) is 33.6 Å². The molecular formula is C12H12BrFN2OS. The monoisotopic (exact) mass is 330 g/mol. The predicted molar refractivity (Wildman–Crippen MR) is 72.2 cm³/mol. The lowest BCUT2D eigenvalue weighted by molar-refractivity contribution is 0.594. The Kier molecular flexibility index (Phi) is 3.97. The van der Waals surface area contributed by atoms with Crippen LogP contribution in [0.25, 0.3) is 0 Å². The Balaban J connectivity index is 2.30. The van der Waals surface area contributed by atoms with Crippen LogP contribution in [0.5, 0.6) is 0 Å². The van der Waals surface area contributed by atoms with E-state index in [9.17, 15) is 8.60 Å². The molecule has 18 heavy (non-hydrogen) atoms. The van der Waals surface area contributed by atoms with E-state index in [1.54, 1.807) is 29.9 Å². The Morgan fingerprint density at radius 2 is 2.11 bits per heavy atom. The lowest BCUT2D eigenvalue weighted by Crippen LogP contribution is -2.05. The van der Waals surface area contributed by atoms with Crippen LogP contribution >= 0.6 is 15.9 Å². The molecule has 96 valence electrons. The third-order valence-electron chi connectivity index (χ3n) is 2.61. The van der Waals surface area contributed by atoms with Crippen LogP contribution in [0.4, 0.5) is 4.39 Å². The first-order valence-corrected chi connectivity index (χ1v) is 7.42. The summed E-state index contributed by atoms with van der Waals surface area (Å²) in [4.78, 5) is 0.225. The van der Waals surface area contributed by atoms with Crippen molar-refractivity contribution in [1.82, 2.24) is 9.78 Å². The molecule has 6 heteroatoms. The number of rotatable bonds is 3. The normalized spacial score (nSPS) is 12.7. The number of aromatic nitrogens is 2. The smallest absolute Gasteiger partial charge is 0.139 e. The average Bonchev–Trinajstić information content (AvgIpc) is 2.56. The first kappa shape index (κ1) is 13.4. The highest BCUT2D eigenvalue weighted by atomic mass is 79.9. The van der Waals surface area contributed by atoms with Gasteiger partial charge in [-0.25, -0.2) is 4.39 Å². The molecule has 1 aromatic carbocycles. The van der Waals surface area contributed by atoms with Crippen LogP contribution < -0.4 is 0 Å². The summed E-state index contributed by atoms with van der Waals surface area (Å²) in [6.45, 7) is 1.86. The van der Waals surface area contributed by atoms with Crippen molar-refractivity contribution in [2.75, 3.05) is 0 Å². The number of benzene rings is 1. The molecule has 2 rings (SSSR count). The predicted octanol–water partition coefficient (Wildman–Crippen LogP) is 2.94. The van der Waals surface area contributed by atoms with Crippen LogP contribution in [0.3, 0.4) is 0 Å². The van der Waals surface area contributed by atoms with E-state index in [2.05, 4.69) is 21.0 Å². The number of hydrogen-bond acceptors (Lipinski definition) is 2. The van der Waals surface area contributed by atoms with Gasteiger partial charge in [-0.1, -0.05) is 12.1 Å². The zero-order valence-electron chi connectivity index (χ0n) is 9.98. The molecule has 0 saturated heterocycles. The minimum atomic E-state index is -1.42. The summed E-state index contributed by atoms with van der Waals surface area (Å²) >= 11 is 3.41. The summed E-state index contributed by atoms with van der Waals surface area (Å²) in [7, 11) is 0.364. The zero-order chi connectivity index (χ0) is 13.3. The molecule has 0 spiro atoms. The molecule has 1 atom stereocenters. The highest BCUT2D eigenvalue weighted by Gasteiger charge is 2.16. The van der Waals surface area contributed by atoms with Gasteiger partial charge in [0.2, 0.25) is 0 Å². The molecule has 0 N–H and O–H groups in total. The minimum Gasteiger partial charge on any atom is -0.270 e. The van der Waals surface area contributed by atoms with Gasteiger partial charge in [0.25, 0.3) is 0 Å². The van der Waals surface area contributed by atoms with Gasteiger partial charge in [0, 0.05) is 7.05 Å². The standard InChI is InChI=1S/C12H12BrFN2OS/c1-8-12(13)10(16(2)15-8)7-18(17)11-6-4-3-5-9(11)14/h3-6H,7H2,1-2H3. The SMILES string of the molecule is Cc1nn(C)c(CS(=O)c2ccccc2F)c1Br. The van der Waals surface area contributed by atoms with Crippen molar-refractivity contribution in [2.45, 2.75) is 17.6 Å². The molecule has 2 aromatic rings. The van der Waals surface area contributed by atoms with E-state index in [1.165, 1.54) is 6.07 Å². The van der Waals surface area contributed by atoms with Crippen LogP contribution in [0.2, 0.25) is 0 Å². The van der Waals surface area contributed by atoms with E-state index in [-0.39, 0.29) is 10.6 Å². The maximum absolute atomic E-state index is 13.5. The second kappa shape index (κ2) is 5.32. The average molecular weight is 331 g/mol. The van der Waals surface area contributed by atoms with Crippen LogP contribution in [0, 0.1) is 12.7 Å². The van der Waals surface area contributed by atoms with Gasteiger partial charge in [0.05, 0.1) is 37.3 Å². The van der Waals surface area contributed by atoms with E-state index in [1.807, 2.05) is 6.92 Å². The Bertz CT molecular complexity index is 612. The summed E-state index contributed by atoms with van der Waals surface area (Å²) in [6.07, 6.45) is 0. The minimum absolute atomic E-state index is 0.225. The van der Waals surface area contributed by atoms with Crippen LogP contribution in [0.1, 0.15) is 11.4 Å². The Morgan fingerprint density at radius 1 is 1.44 bits per heavy atom. The van der Waals surface area contributed by atoms with Gasteiger partial charge < -0.3 is 0 Å². The molecule has 0 aliphatic carbocycles. The van der Waals surface area contributed by atoms with E-state index < -0.39 is 16.6 Å². The molecule has 0 fully saturated rings. The molecule has 0 amide bonds. The van der Waals surface area contributed by atoms with Gasteiger partial charge >= 0.3 is 0 Å². The van der Waals surface area contributed by atoms with Crippen molar-refractivity contribution in [1.29, 1.82) is 0 Å². The largest absolute Gasteiger partial charge is 0.270 e. The summed E-state index contributed by atoms with van der Waals surface area (Å²) in [5.74, 6) is -0.204. The van der Waals surface area contributed by atoms with Gasteiger partial charge in [0.1, 0.15) is 5.82 Å². The molecule has 0 aliphatic rings. The van der Waals surface area contributed by atoms with E-state index in [0.29, 0.717) is 0 Å². The molecule has 0 aliphatic heterocycles. The van der Waals surface area contributed by atoms with Gasteiger partial charge in [-0.05, 0) is 35.0 Å². The summed E-state index contributed by atoms with van der Waals surface area (Å²) in [6, 6.07) is 6.12. The van der Waals surface area contributed by atoms with Crippen molar-refractivity contribution in [3.63, 3.8) is 0 Å². The number of nitrogens with zero attached hydrogens (tertiary/aromatic N) is 2. The summed E-state index contributed by atoms with van der Waals surface area (Å²) < 4.78 is 28.2.